The van der Waals surface area contributed by atoms with Gasteiger partial charge in [-0.1, -0.05) is 19.1 Å². The average Bonchev–Trinajstić information content (AvgIpc) is 2.25. The molecule has 0 amide bonds. The lowest BCUT2D eigenvalue weighted by atomic mass is 10.1. The molecule has 17 heavy (non-hydrogen) atoms. The molecule has 0 aliphatic rings. The Morgan fingerprint density at radius 3 is 2.18 bits per heavy atom. The van der Waals surface area contributed by atoms with E-state index in [0.29, 0.717) is 6.04 Å². The number of nitrogens with one attached hydrogen (secondary N) is 1. The van der Waals surface area contributed by atoms with Crippen LogP contribution < -0.4 is 10.1 Å². The van der Waals surface area contributed by atoms with E-state index in [1.54, 1.807) is 7.11 Å². The second-order valence-electron chi connectivity index (χ2n) is 4.45. The molecular formula is C14H24ClNO. The summed E-state index contributed by atoms with van der Waals surface area (Å²) in [7, 11) is 1.73. The van der Waals surface area contributed by atoms with Gasteiger partial charge in [0.2, 0.25) is 0 Å². The van der Waals surface area contributed by atoms with Crippen molar-refractivity contribution >= 4 is 12.4 Å². The van der Waals surface area contributed by atoms with E-state index in [9.17, 15) is 0 Å². The fourth-order valence-corrected chi connectivity index (χ4v) is 1.90. The van der Waals surface area contributed by atoms with Crippen LogP contribution in [-0.4, -0.2) is 13.2 Å². The van der Waals surface area contributed by atoms with Gasteiger partial charge in [0.1, 0.15) is 5.75 Å². The molecule has 3 heteroatoms. The highest BCUT2D eigenvalue weighted by Gasteiger charge is 2.05. The highest BCUT2D eigenvalue weighted by molar-refractivity contribution is 5.85. The molecule has 1 N–H and O–H groups in total. The minimum atomic E-state index is 0. The number of aryl methyl sites for hydroxylation is 2. The normalized spacial score (nSPS) is 11.8. The molecule has 0 spiro atoms. The highest BCUT2D eigenvalue weighted by atomic mass is 35.5. The van der Waals surface area contributed by atoms with Gasteiger partial charge in [0.05, 0.1) is 7.11 Å². The number of halogens is 1. The van der Waals surface area contributed by atoms with Gasteiger partial charge in [-0.3, -0.25) is 0 Å². The van der Waals surface area contributed by atoms with Gasteiger partial charge in [-0.2, -0.15) is 0 Å². The fraction of sp³-hybridized carbons (Fsp3) is 0.571. The summed E-state index contributed by atoms with van der Waals surface area (Å²) in [6.07, 6.45) is 1.16. The molecule has 0 bridgehead atoms. The number of ether oxygens (including phenoxy) is 1. The van der Waals surface area contributed by atoms with Crippen LogP contribution in [0.25, 0.3) is 0 Å². The van der Waals surface area contributed by atoms with Crippen LogP contribution in [0.3, 0.4) is 0 Å². The van der Waals surface area contributed by atoms with Crippen molar-refractivity contribution in [2.24, 2.45) is 0 Å². The van der Waals surface area contributed by atoms with Gasteiger partial charge in [-0.15, -0.1) is 12.4 Å². The maximum Gasteiger partial charge on any atom is 0.124 e. The van der Waals surface area contributed by atoms with E-state index < -0.39 is 0 Å². The Bertz CT molecular complexity index is 329. The molecule has 1 unspecified atom stereocenters. The summed E-state index contributed by atoms with van der Waals surface area (Å²) in [5.41, 5.74) is 3.75. The largest absolute Gasteiger partial charge is 0.496 e. The minimum absolute atomic E-state index is 0. The van der Waals surface area contributed by atoms with Crippen molar-refractivity contribution in [2.45, 2.75) is 46.7 Å². The van der Waals surface area contributed by atoms with Crippen molar-refractivity contribution in [3.63, 3.8) is 0 Å². The van der Waals surface area contributed by atoms with Crippen LogP contribution in [0.5, 0.6) is 5.75 Å². The topological polar surface area (TPSA) is 21.3 Å². The fourth-order valence-electron chi connectivity index (χ4n) is 1.90. The van der Waals surface area contributed by atoms with Crippen molar-refractivity contribution < 1.29 is 4.74 Å². The summed E-state index contributed by atoms with van der Waals surface area (Å²) in [5, 5.41) is 3.50. The Labute approximate surface area is 111 Å². The van der Waals surface area contributed by atoms with Gasteiger partial charge >= 0.3 is 0 Å². The first-order valence-corrected chi connectivity index (χ1v) is 5.96. The highest BCUT2D eigenvalue weighted by Crippen LogP contribution is 2.24. The van der Waals surface area contributed by atoms with Crippen LogP contribution in [0.15, 0.2) is 12.1 Å². The molecule has 0 aliphatic heterocycles. The smallest absolute Gasteiger partial charge is 0.124 e. The third kappa shape index (κ3) is 4.57. The summed E-state index contributed by atoms with van der Waals surface area (Å²) in [5.74, 6) is 1.01. The van der Waals surface area contributed by atoms with Crippen molar-refractivity contribution in [2.75, 3.05) is 7.11 Å². The SMILES string of the molecule is CCC(C)NCc1cc(C)c(OC)c(C)c1.Cl. The standard InChI is InChI=1S/C14H23NO.ClH/c1-6-12(4)15-9-13-7-10(2)14(16-5)11(3)8-13;/h7-8,12,15H,6,9H2,1-5H3;1H. The van der Waals surface area contributed by atoms with Crippen molar-refractivity contribution in [3.8, 4) is 5.75 Å². The summed E-state index contributed by atoms with van der Waals surface area (Å²) in [6, 6.07) is 4.96. The molecular weight excluding hydrogens is 234 g/mol. The Morgan fingerprint density at radius 1 is 1.24 bits per heavy atom. The average molecular weight is 258 g/mol. The zero-order chi connectivity index (χ0) is 12.1. The number of rotatable bonds is 5. The van der Waals surface area contributed by atoms with Crippen LogP contribution in [0.4, 0.5) is 0 Å². The van der Waals surface area contributed by atoms with Crippen LogP contribution in [0, 0.1) is 13.8 Å². The Morgan fingerprint density at radius 2 is 1.76 bits per heavy atom. The second kappa shape index (κ2) is 7.57. The molecule has 0 aliphatic carbocycles. The zero-order valence-corrected chi connectivity index (χ0v) is 12.3. The molecule has 1 rings (SSSR count). The van der Waals surface area contributed by atoms with Gasteiger partial charge < -0.3 is 10.1 Å². The molecule has 1 atom stereocenters. The lowest BCUT2D eigenvalue weighted by Crippen LogP contribution is -2.24. The predicted octanol–water partition coefficient (Wildman–Crippen LogP) is 3.62. The lowest BCUT2D eigenvalue weighted by Gasteiger charge is -2.14. The van der Waals surface area contributed by atoms with Crippen molar-refractivity contribution in [1.29, 1.82) is 0 Å². The molecule has 0 aromatic heterocycles. The number of methoxy groups -OCH3 is 1. The Balaban J connectivity index is 0.00000256. The molecule has 0 heterocycles. The van der Waals surface area contributed by atoms with Gasteiger partial charge in [0, 0.05) is 12.6 Å². The molecule has 1 aromatic carbocycles. The number of hydrogen-bond donors (Lipinski definition) is 1. The van der Waals surface area contributed by atoms with E-state index in [1.807, 2.05) is 0 Å². The molecule has 98 valence electrons. The van der Waals surface area contributed by atoms with Gasteiger partial charge in [-0.25, -0.2) is 0 Å². The monoisotopic (exact) mass is 257 g/mol. The van der Waals surface area contributed by atoms with Crippen molar-refractivity contribution in [1.82, 2.24) is 5.32 Å². The van der Waals surface area contributed by atoms with E-state index in [4.69, 9.17) is 4.74 Å². The molecule has 0 radical (unpaired) electrons. The van der Waals surface area contributed by atoms with Crippen LogP contribution in [0.2, 0.25) is 0 Å². The van der Waals surface area contributed by atoms with Crippen molar-refractivity contribution in [3.05, 3.63) is 28.8 Å². The van der Waals surface area contributed by atoms with Crippen LogP contribution in [0.1, 0.15) is 37.0 Å². The summed E-state index contributed by atoms with van der Waals surface area (Å²) in [6.45, 7) is 9.53. The minimum Gasteiger partial charge on any atom is -0.496 e. The second-order valence-corrected chi connectivity index (χ2v) is 4.45. The summed E-state index contributed by atoms with van der Waals surface area (Å²) in [4.78, 5) is 0. The molecule has 2 nitrogen and oxygen atoms in total. The number of benzene rings is 1. The summed E-state index contributed by atoms with van der Waals surface area (Å²) >= 11 is 0. The Kier molecular flexibility index (Phi) is 7.24. The summed E-state index contributed by atoms with van der Waals surface area (Å²) < 4.78 is 5.36. The Hall–Kier alpha value is -0.730. The molecule has 0 saturated carbocycles. The first kappa shape index (κ1) is 16.3. The maximum absolute atomic E-state index is 5.36. The van der Waals surface area contributed by atoms with Gasteiger partial charge in [-0.05, 0) is 43.9 Å². The third-order valence-corrected chi connectivity index (χ3v) is 2.99. The predicted molar refractivity (Wildman–Crippen MR) is 76.3 cm³/mol. The van der Waals surface area contributed by atoms with E-state index in [0.717, 1.165) is 18.7 Å². The first-order chi connectivity index (χ1) is 7.58. The lowest BCUT2D eigenvalue weighted by molar-refractivity contribution is 0.408. The van der Waals surface area contributed by atoms with Gasteiger partial charge in [0.15, 0.2) is 0 Å². The third-order valence-electron chi connectivity index (χ3n) is 2.99. The quantitative estimate of drug-likeness (QED) is 0.870. The van der Waals surface area contributed by atoms with E-state index in [1.165, 1.54) is 16.7 Å². The number of hydrogen-bond acceptors (Lipinski definition) is 2. The first-order valence-electron chi connectivity index (χ1n) is 5.96. The maximum atomic E-state index is 5.36. The molecule has 0 saturated heterocycles. The van der Waals surface area contributed by atoms with E-state index in [-0.39, 0.29) is 12.4 Å². The molecule has 1 aromatic rings. The van der Waals surface area contributed by atoms with Gasteiger partial charge in [0.25, 0.3) is 0 Å². The van der Waals surface area contributed by atoms with Crippen LogP contribution >= 0.6 is 12.4 Å². The van der Waals surface area contributed by atoms with Crippen LogP contribution in [-0.2, 0) is 6.54 Å². The van der Waals surface area contributed by atoms with E-state index >= 15 is 0 Å². The molecule has 0 fully saturated rings. The zero-order valence-electron chi connectivity index (χ0n) is 11.5. The van der Waals surface area contributed by atoms with E-state index in [2.05, 4.69) is 45.1 Å².